The highest BCUT2D eigenvalue weighted by molar-refractivity contribution is 6.01. The van der Waals surface area contributed by atoms with E-state index < -0.39 is 41.9 Å². The topological polar surface area (TPSA) is 350 Å². The number of carboxylic acid groups (broad SMARTS) is 1. The molecule has 27 heteroatoms. The van der Waals surface area contributed by atoms with E-state index in [9.17, 15) is 43.8 Å². The Labute approximate surface area is 508 Å². The molecule has 0 bridgehead atoms. The van der Waals surface area contributed by atoms with Crippen LogP contribution in [0.2, 0.25) is 0 Å². The Kier molecular flexibility index (Phi) is 21.0. The molecule has 27 nitrogen and oxygen atoms in total. The van der Waals surface area contributed by atoms with Crippen molar-refractivity contribution in [3.63, 3.8) is 0 Å². The molecule has 5 heterocycles. The third-order valence-electron chi connectivity index (χ3n) is 15.3. The maximum atomic E-state index is 14.1. The van der Waals surface area contributed by atoms with Crippen LogP contribution in [-0.4, -0.2) is 167 Å². The fraction of sp³-hybridized carbons (Fsp3) is 0.475. The predicted octanol–water partition coefficient (Wildman–Crippen LogP) is 3.97. The van der Waals surface area contributed by atoms with Crippen LogP contribution in [0, 0.1) is 37.0 Å². The summed E-state index contributed by atoms with van der Waals surface area (Å²) >= 11 is 0. The standard InChI is InChI=1S/C61H76N14O13/c1-36-54(37(2)70-69-36)38-13-16-42(17-14-38)66-59(82)56(55(39-9-10-39)40-11-12-40)68-58(81)49-20-22-65-75(49)29-44(76)27-63-50(77)32-74-28-43(71-72-74)33-85-35-53(79)73-30-47(31-73)86-24-23-62-51(78)34-87-45-7-6-8-46(25-45)88-52-18-15-41(26-64-52)57(80)67-48(60(83)84)19-21-61(3,4)5/h6-8,13-18,20,22,25-26,28,39-40,44,47-48,55-56,76H,9-12,19,21,23-24,27,29-35H2,1-5H3,(H,62,78)(H,63,77)(H,66,82)(H,67,80)(H,68,81)(H,69,70)(H,83,84)/t44?,48-,56?/m0/s1. The number of aliphatic hydroxyl groups is 1. The normalized spacial score (nSPS) is 15.1. The summed E-state index contributed by atoms with van der Waals surface area (Å²) in [5.74, 6) is -1.99. The molecule has 468 valence electrons. The quantitative estimate of drug-likeness (QED) is 0.0277. The molecule has 3 fully saturated rings. The number of aliphatic hydroxyl groups excluding tert-OH is 1. The van der Waals surface area contributed by atoms with E-state index in [1.807, 2.05) is 58.9 Å². The Morgan fingerprint density at radius 3 is 2.30 bits per heavy atom. The van der Waals surface area contributed by atoms with Gasteiger partial charge < -0.3 is 60.6 Å². The first kappa shape index (κ1) is 63.4. The molecule has 1 aliphatic heterocycles. The van der Waals surface area contributed by atoms with Gasteiger partial charge in [-0.25, -0.2) is 14.5 Å². The van der Waals surface area contributed by atoms with Crippen molar-refractivity contribution in [2.45, 2.75) is 117 Å². The van der Waals surface area contributed by atoms with E-state index in [1.165, 1.54) is 46.2 Å². The van der Waals surface area contributed by atoms with Gasteiger partial charge in [0.25, 0.3) is 17.7 Å². The molecule has 0 spiro atoms. The molecule has 6 amide bonds. The summed E-state index contributed by atoms with van der Waals surface area (Å²) in [5.41, 5.74) is 5.05. The summed E-state index contributed by atoms with van der Waals surface area (Å²) in [6.07, 6.45) is 7.81. The van der Waals surface area contributed by atoms with Crippen molar-refractivity contribution >= 4 is 47.1 Å². The lowest BCUT2D eigenvalue weighted by atomic mass is 9.88. The average Bonchev–Trinajstić information content (AvgIpc) is 2.19. The van der Waals surface area contributed by atoms with Gasteiger partial charge in [-0.3, -0.25) is 38.5 Å². The summed E-state index contributed by atoms with van der Waals surface area (Å²) in [7, 11) is 0. The highest BCUT2D eigenvalue weighted by atomic mass is 16.5. The number of likely N-dealkylation sites (tertiary alicyclic amines) is 1. The summed E-state index contributed by atoms with van der Waals surface area (Å²) in [6, 6.07) is 16.8. The molecule has 3 atom stereocenters. The number of carbonyl (C=O) groups is 7. The minimum atomic E-state index is -1.13. The van der Waals surface area contributed by atoms with Crippen LogP contribution in [0.15, 0.2) is 85.3 Å². The molecule has 9 rings (SSSR count). The highest BCUT2D eigenvalue weighted by Crippen LogP contribution is 2.51. The molecule has 2 saturated carbocycles. The number of H-pyrrole nitrogens is 1. The lowest BCUT2D eigenvalue weighted by molar-refractivity contribution is -0.150. The smallest absolute Gasteiger partial charge is 0.326 e. The maximum Gasteiger partial charge on any atom is 0.326 e. The number of ether oxygens (including phenoxy) is 4. The molecule has 2 aliphatic carbocycles. The van der Waals surface area contributed by atoms with E-state index >= 15 is 0 Å². The summed E-state index contributed by atoms with van der Waals surface area (Å²) in [5, 5.41) is 54.1. The van der Waals surface area contributed by atoms with Gasteiger partial charge in [0.15, 0.2) is 6.61 Å². The van der Waals surface area contributed by atoms with E-state index in [0.717, 1.165) is 48.2 Å². The predicted molar refractivity (Wildman–Crippen MR) is 316 cm³/mol. The van der Waals surface area contributed by atoms with Crippen LogP contribution < -0.4 is 36.1 Å². The maximum absolute atomic E-state index is 14.1. The number of carboxylic acids is 1. The number of hydrogen-bond donors (Lipinski definition) is 8. The number of aromatic nitrogens is 8. The third kappa shape index (κ3) is 18.2. The number of carbonyl (C=O) groups excluding carboxylic acids is 6. The number of aryl methyl sites for hydroxylation is 2. The van der Waals surface area contributed by atoms with Crippen molar-refractivity contribution in [3.8, 4) is 28.5 Å². The Balaban J connectivity index is 0.618. The average molecular weight is 1210 g/mol. The fourth-order valence-electron chi connectivity index (χ4n) is 10.3. The molecular weight excluding hydrogens is 1140 g/mol. The number of aliphatic carboxylic acids is 1. The van der Waals surface area contributed by atoms with Gasteiger partial charge in [0.05, 0.1) is 49.4 Å². The molecular formula is C61H76N14O13. The van der Waals surface area contributed by atoms with Gasteiger partial charge >= 0.3 is 5.97 Å². The largest absolute Gasteiger partial charge is 0.484 e. The Bertz CT molecular complexity index is 3370. The first-order chi connectivity index (χ1) is 42.2. The molecule has 88 heavy (non-hydrogen) atoms. The number of aromatic amines is 1. The lowest BCUT2D eigenvalue weighted by Crippen LogP contribution is -2.56. The van der Waals surface area contributed by atoms with Crippen LogP contribution in [0.1, 0.15) is 97.2 Å². The Morgan fingerprint density at radius 2 is 1.61 bits per heavy atom. The molecule has 3 aliphatic rings. The van der Waals surface area contributed by atoms with Crippen molar-refractivity contribution in [2.75, 3.05) is 51.3 Å². The summed E-state index contributed by atoms with van der Waals surface area (Å²) in [6.45, 7) is 9.99. The minimum Gasteiger partial charge on any atom is -0.484 e. The molecule has 4 aromatic heterocycles. The molecule has 1 saturated heterocycles. The van der Waals surface area contributed by atoms with E-state index in [-0.39, 0.29) is 111 Å². The van der Waals surface area contributed by atoms with Gasteiger partial charge in [-0.1, -0.05) is 44.2 Å². The molecule has 8 N–H and O–H groups in total. The van der Waals surface area contributed by atoms with Gasteiger partial charge in [-0.2, -0.15) is 10.2 Å². The number of pyridine rings is 1. The first-order valence-corrected chi connectivity index (χ1v) is 29.5. The van der Waals surface area contributed by atoms with Crippen LogP contribution in [-0.2, 0) is 53.1 Å². The monoisotopic (exact) mass is 1210 g/mol. The van der Waals surface area contributed by atoms with Crippen LogP contribution in [0.3, 0.4) is 0 Å². The zero-order chi connectivity index (χ0) is 62.5. The Hall–Kier alpha value is -9.08. The first-order valence-electron chi connectivity index (χ1n) is 29.5. The highest BCUT2D eigenvalue weighted by Gasteiger charge is 2.48. The van der Waals surface area contributed by atoms with E-state index in [4.69, 9.17) is 18.9 Å². The van der Waals surface area contributed by atoms with Crippen molar-refractivity contribution in [1.29, 1.82) is 0 Å². The van der Waals surface area contributed by atoms with E-state index in [1.54, 1.807) is 29.2 Å². The van der Waals surface area contributed by atoms with Crippen LogP contribution in [0.25, 0.3) is 11.1 Å². The van der Waals surface area contributed by atoms with E-state index in [0.29, 0.717) is 54.2 Å². The van der Waals surface area contributed by atoms with Crippen LogP contribution >= 0.6 is 0 Å². The zero-order valence-electron chi connectivity index (χ0n) is 49.9. The van der Waals surface area contributed by atoms with Crippen molar-refractivity contribution in [1.82, 2.24) is 66.1 Å². The Morgan fingerprint density at radius 1 is 0.864 bits per heavy atom. The second-order valence-electron chi connectivity index (χ2n) is 23.7. The number of nitrogens with zero attached hydrogens (tertiary/aromatic N) is 8. The van der Waals surface area contributed by atoms with Gasteiger partial charge in [0.1, 0.15) is 48.1 Å². The molecule has 6 aromatic rings. The number of anilines is 1. The second kappa shape index (κ2) is 29.1. The SMILES string of the molecule is Cc1n[nH]c(C)c1-c1ccc(NC(=O)C(NC(=O)c2ccnn2CC(O)CNC(=O)Cn2cc(COCC(=O)N3CC(OCCNC(=O)COc4cccc(Oc5ccc(C(=O)N[C@@H](CCC(C)(C)C)C(=O)O)cn5)c4)C3)nn2)C(C2CC2)C2CC2)cc1. The molecule has 2 unspecified atom stereocenters. The van der Waals surface area contributed by atoms with Gasteiger partial charge in [-0.15, -0.1) is 5.10 Å². The van der Waals surface area contributed by atoms with Gasteiger partial charge in [0.2, 0.25) is 23.6 Å². The van der Waals surface area contributed by atoms with Crippen molar-refractivity contribution < 1.29 is 62.7 Å². The van der Waals surface area contributed by atoms with Gasteiger partial charge in [-0.05, 0) is 118 Å². The second-order valence-corrected chi connectivity index (χ2v) is 23.7. The zero-order valence-corrected chi connectivity index (χ0v) is 49.9. The van der Waals surface area contributed by atoms with Crippen molar-refractivity contribution in [2.24, 2.45) is 23.2 Å². The fourth-order valence-corrected chi connectivity index (χ4v) is 10.3. The van der Waals surface area contributed by atoms with E-state index in [2.05, 4.69) is 57.2 Å². The number of amides is 6. The molecule has 2 aromatic carbocycles. The minimum absolute atomic E-state index is 0.0145. The summed E-state index contributed by atoms with van der Waals surface area (Å²) < 4.78 is 25.5. The molecule has 0 radical (unpaired) electrons. The van der Waals surface area contributed by atoms with Crippen LogP contribution in [0.4, 0.5) is 5.69 Å². The summed E-state index contributed by atoms with van der Waals surface area (Å²) in [4.78, 5) is 96.4. The number of rotatable bonds is 32. The number of nitrogens with one attached hydrogen (secondary N) is 6. The lowest BCUT2D eigenvalue weighted by Gasteiger charge is -2.38. The van der Waals surface area contributed by atoms with Crippen LogP contribution in [0.5, 0.6) is 17.4 Å². The van der Waals surface area contributed by atoms with Crippen molar-refractivity contribution in [3.05, 3.63) is 114 Å². The number of benzene rings is 2. The van der Waals surface area contributed by atoms with Gasteiger partial charge in [0, 0.05) is 67.7 Å². The number of hydrogen-bond acceptors (Lipinski definition) is 17. The third-order valence-corrected chi connectivity index (χ3v) is 15.3.